The van der Waals surface area contributed by atoms with Gasteiger partial charge in [-0.25, -0.2) is 13.1 Å². The van der Waals surface area contributed by atoms with E-state index >= 15 is 0 Å². The summed E-state index contributed by atoms with van der Waals surface area (Å²) in [7, 11) is -3.56. The van der Waals surface area contributed by atoms with E-state index < -0.39 is 10.0 Å². The molecule has 1 unspecified atom stereocenters. The number of fused-ring (bicyclic) bond motifs is 1. The number of hydrogen-bond acceptors (Lipinski definition) is 4. The first-order valence-corrected chi connectivity index (χ1v) is 8.83. The van der Waals surface area contributed by atoms with Gasteiger partial charge in [-0.2, -0.15) is 0 Å². The van der Waals surface area contributed by atoms with E-state index in [1.165, 1.54) is 5.56 Å². The van der Waals surface area contributed by atoms with Crippen LogP contribution in [0.15, 0.2) is 39.6 Å². The molecule has 3 rings (SSSR count). The Morgan fingerprint density at radius 1 is 1.30 bits per heavy atom. The van der Waals surface area contributed by atoms with Gasteiger partial charge in [-0.15, -0.1) is 12.4 Å². The SMILES string of the molecule is Cc1cc(S(=O)(=O)NCC2NCCc3ccccc32)c(C)o1.Cl. The predicted molar refractivity (Wildman–Crippen MR) is 91.5 cm³/mol. The highest BCUT2D eigenvalue weighted by Gasteiger charge is 2.24. The van der Waals surface area contributed by atoms with Crippen molar-refractivity contribution in [2.45, 2.75) is 31.2 Å². The van der Waals surface area contributed by atoms with Crippen LogP contribution in [0.5, 0.6) is 0 Å². The molecule has 0 radical (unpaired) electrons. The third-order valence-electron chi connectivity index (χ3n) is 3.98. The summed E-state index contributed by atoms with van der Waals surface area (Å²) in [5.41, 5.74) is 2.44. The lowest BCUT2D eigenvalue weighted by molar-refractivity contribution is 0.486. The zero-order valence-corrected chi connectivity index (χ0v) is 14.8. The van der Waals surface area contributed by atoms with Gasteiger partial charge in [-0.1, -0.05) is 24.3 Å². The van der Waals surface area contributed by atoms with Crippen LogP contribution in [0.25, 0.3) is 0 Å². The van der Waals surface area contributed by atoms with Gasteiger partial charge in [0.15, 0.2) is 0 Å². The molecule has 23 heavy (non-hydrogen) atoms. The zero-order valence-electron chi connectivity index (χ0n) is 13.1. The molecule has 2 N–H and O–H groups in total. The molecule has 2 heterocycles. The van der Waals surface area contributed by atoms with Crippen molar-refractivity contribution in [3.05, 3.63) is 53.0 Å². The molecule has 2 aromatic rings. The Morgan fingerprint density at radius 3 is 2.74 bits per heavy atom. The van der Waals surface area contributed by atoms with E-state index in [1.54, 1.807) is 19.9 Å². The first-order chi connectivity index (χ1) is 10.5. The van der Waals surface area contributed by atoms with Crippen molar-refractivity contribution in [2.75, 3.05) is 13.1 Å². The second-order valence-electron chi connectivity index (χ2n) is 5.58. The lowest BCUT2D eigenvalue weighted by Crippen LogP contribution is -2.38. The number of rotatable bonds is 4. The fraction of sp³-hybridized carbons (Fsp3) is 0.375. The van der Waals surface area contributed by atoms with E-state index in [0.717, 1.165) is 18.5 Å². The molecule has 7 heteroatoms. The van der Waals surface area contributed by atoms with Crippen molar-refractivity contribution < 1.29 is 12.8 Å². The van der Waals surface area contributed by atoms with E-state index in [9.17, 15) is 8.42 Å². The minimum atomic E-state index is -3.56. The Morgan fingerprint density at radius 2 is 2.04 bits per heavy atom. The Balaban J connectivity index is 0.00000192. The number of hydrogen-bond donors (Lipinski definition) is 2. The monoisotopic (exact) mass is 356 g/mol. The maximum atomic E-state index is 12.4. The summed E-state index contributed by atoms with van der Waals surface area (Å²) in [6.45, 7) is 4.58. The van der Waals surface area contributed by atoms with Crippen LogP contribution in [0, 0.1) is 13.8 Å². The van der Waals surface area contributed by atoms with Crippen LogP contribution in [-0.4, -0.2) is 21.5 Å². The van der Waals surface area contributed by atoms with Crippen molar-refractivity contribution in [1.29, 1.82) is 0 Å². The molecule has 5 nitrogen and oxygen atoms in total. The number of nitrogens with one attached hydrogen (secondary N) is 2. The normalized spacial score (nSPS) is 17.4. The number of aryl methyl sites for hydroxylation is 2. The molecule has 0 saturated carbocycles. The molecule has 126 valence electrons. The first kappa shape index (κ1) is 18.0. The second-order valence-corrected chi connectivity index (χ2v) is 7.32. The summed E-state index contributed by atoms with van der Waals surface area (Å²) >= 11 is 0. The molecular formula is C16H21ClN2O3S. The van der Waals surface area contributed by atoms with E-state index in [2.05, 4.69) is 16.1 Å². The molecular weight excluding hydrogens is 336 g/mol. The van der Waals surface area contributed by atoms with Gasteiger partial charge in [0.1, 0.15) is 16.4 Å². The highest BCUT2D eigenvalue weighted by molar-refractivity contribution is 7.89. The van der Waals surface area contributed by atoms with Gasteiger partial charge in [0.2, 0.25) is 10.0 Å². The summed E-state index contributed by atoms with van der Waals surface area (Å²) in [6.07, 6.45) is 0.972. The highest BCUT2D eigenvalue weighted by Crippen LogP contribution is 2.23. The predicted octanol–water partition coefficient (Wildman–Crippen LogP) is 2.48. The molecule has 0 fully saturated rings. The van der Waals surface area contributed by atoms with Crippen LogP contribution in [0.3, 0.4) is 0 Å². The maximum Gasteiger partial charge on any atom is 0.244 e. The lowest BCUT2D eigenvalue weighted by atomic mass is 9.95. The topological polar surface area (TPSA) is 71.3 Å². The number of furan rings is 1. The molecule has 1 aliphatic rings. The van der Waals surface area contributed by atoms with Gasteiger partial charge in [0.05, 0.1) is 0 Å². The summed E-state index contributed by atoms with van der Waals surface area (Å²) in [5.74, 6) is 1.01. The standard InChI is InChI=1S/C16H20N2O3S.ClH/c1-11-9-16(12(2)21-11)22(19,20)18-10-15-14-6-4-3-5-13(14)7-8-17-15;/h3-6,9,15,17-18H,7-8,10H2,1-2H3;1H. The van der Waals surface area contributed by atoms with Crippen LogP contribution >= 0.6 is 12.4 Å². The third-order valence-corrected chi connectivity index (χ3v) is 5.51. The Hall–Kier alpha value is -1.34. The number of sulfonamides is 1. The largest absolute Gasteiger partial charge is 0.465 e. The average Bonchev–Trinajstić information content (AvgIpc) is 2.85. The van der Waals surface area contributed by atoms with Gasteiger partial charge in [0.25, 0.3) is 0 Å². The van der Waals surface area contributed by atoms with Gasteiger partial charge < -0.3 is 9.73 Å². The fourth-order valence-corrected chi connectivity index (χ4v) is 4.20. The summed E-state index contributed by atoms with van der Waals surface area (Å²) < 4.78 is 32.8. The minimum Gasteiger partial charge on any atom is -0.465 e. The molecule has 1 aromatic heterocycles. The van der Waals surface area contributed by atoms with Gasteiger partial charge in [0, 0.05) is 12.6 Å². The fourth-order valence-electron chi connectivity index (χ4n) is 2.92. The molecule has 1 aromatic carbocycles. The van der Waals surface area contributed by atoms with Crippen LogP contribution < -0.4 is 10.0 Å². The quantitative estimate of drug-likeness (QED) is 0.882. The maximum absolute atomic E-state index is 12.4. The van der Waals surface area contributed by atoms with Gasteiger partial charge in [-0.05, 0) is 44.0 Å². The number of benzene rings is 1. The molecule has 0 bridgehead atoms. The smallest absolute Gasteiger partial charge is 0.244 e. The van der Waals surface area contributed by atoms with E-state index in [-0.39, 0.29) is 23.3 Å². The van der Waals surface area contributed by atoms with E-state index in [1.807, 2.05) is 18.2 Å². The molecule has 1 atom stereocenters. The first-order valence-electron chi connectivity index (χ1n) is 7.35. The molecule has 1 aliphatic heterocycles. The molecule has 0 aliphatic carbocycles. The molecule has 0 saturated heterocycles. The Kier molecular flexibility index (Phi) is 5.52. The van der Waals surface area contributed by atoms with Crippen molar-refractivity contribution >= 4 is 22.4 Å². The third kappa shape index (κ3) is 3.77. The van der Waals surface area contributed by atoms with Crippen molar-refractivity contribution in [3.8, 4) is 0 Å². The lowest BCUT2D eigenvalue weighted by Gasteiger charge is -2.27. The van der Waals surface area contributed by atoms with Crippen LogP contribution in [0.2, 0.25) is 0 Å². The van der Waals surface area contributed by atoms with E-state index in [4.69, 9.17) is 4.42 Å². The minimum absolute atomic E-state index is 0. The van der Waals surface area contributed by atoms with Gasteiger partial charge in [-0.3, -0.25) is 0 Å². The zero-order chi connectivity index (χ0) is 15.7. The second kappa shape index (κ2) is 7.05. The highest BCUT2D eigenvalue weighted by atomic mass is 35.5. The average molecular weight is 357 g/mol. The van der Waals surface area contributed by atoms with Crippen LogP contribution in [0.1, 0.15) is 28.7 Å². The van der Waals surface area contributed by atoms with Crippen molar-refractivity contribution in [3.63, 3.8) is 0 Å². The summed E-state index contributed by atoms with van der Waals surface area (Å²) in [6, 6.07) is 9.70. The molecule has 0 amide bonds. The molecule has 0 spiro atoms. The van der Waals surface area contributed by atoms with Crippen LogP contribution in [0.4, 0.5) is 0 Å². The van der Waals surface area contributed by atoms with E-state index in [0.29, 0.717) is 18.1 Å². The van der Waals surface area contributed by atoms with Gasteiger partial charge >= 0.3 is 0 Å². The number of halogens is 1. The van der Waals surface area contributed by atoms with Crippen molar-refractivity contribution in [2.24, 2.45) is 0 Å². The Labute approximate surface area is 142 Å². The summed E-state index contributed by atoms with van der Waals surface area (Å²) in [5, 5.41) is 3.37. The Bertz CT molecular complexity index is 786. The summed E-state index contributed by atoms with van der Waals surface area (Å²) in [4.78, 5) is 0.217. The van der Waals surface area contributed by atoms with Crippen LogP contribution in [-0.2, 0) is 16.4 Å². The van der Waals surface area contributed by atoms with Crippen molar-refractivity contribution in [1.82, 2.24) is 10.0 Å².